The summed E-state index contributed by atoms with van der Waals surface area (Å²) in [5.41, 5.74) is 0. The van der Waals surface area contributed by atoms with Gasteiger partial charge < -0.3 is 24.8 Å². The van der Waals surface area contributed by atoms with E-state index in [1.807, 2.05) is 6.92 Å². The molecule has 1 unspecified atom stereocenters. The fourth-order valence-electron chi connectivity index (χ4n) is 1.04. The monoisotopic (exact) mass is 248 g/mol. The van der Waals surface area contributed by atoms with Gasteiger partial charge in [-0.25, -0.2) is 0 Å². The summed E-state index contributed by atoms with van der Waals surface area (Å²) in [7, 11) is 3.38. The first kappa shape index (κ1) is 16.3. The third-order valence-corrected chi connectivity index (χ3v) is 2.04. The topological polar surface area (TPSA) is 71.0 Å². The van der Waals surface area contributed by atoms with Gasteiger partial charge in [0.25, 0.3) is 0 Å². The average molecular weight is 248 g/mol. The first-order valence-corrected chi connectivity index (χ1v) is 5.82. The van der Waals surface area contributed by atoms with Crippen molar-refractivity contribution < 1.29 is 19.4 Å². The van der Waals surface area contributed by atoms with Gasteiger partial charge in [0.05, 0.1) is 32.5 Å². The molecule has 1 amide bonds. The molecular weight excluding hydrogens is 224 g/mol. The van der Waals surface area contributed by atoms with Crippen LogP contribution in [0.2, 0.25) is 0 Å². The lowest BCUT2D eigenvalue weighted by molar-refractivity contribution is -0.127. The van der Waals surface area contributed by atoms with Crippen molar-refractivity contribution in [3.8, 4) is 0 Å². The van der Waals surface area contributed by atoms with Gasteiger partial charge in [0, 0.05) is 27.2 Å². The molecule has 0 radical (unpaired) electrons. The number of aliphatic hydroxyl groups is 1. The van der Waals surface area contributed by atoms with Crippen LogP contribution in [-0.2, 0) is 14.3 Å². The zero-order chi connectivity index (χ0) is 13.1. The summed E-state index contributed by atoms with van der Waals surface area (Å²) in [5, 5.41) is 12.4. The molecule has 0 aliphatic carbocycles. The van der Waals surface area contributed by atoms with E-state index in [2.05, 4.69) is 5.32 Å². The van der Waals surface area contributed by atoms with Crippen molar-refractivity contribution in [3.63, 3.8) is 0 Å². The summed E-state index contributed by atoms with van der Waals surface area (Å²) >= 11 is 0. The van der Waals surface area contributed by atoms with E-state index in [0.29, 0.717) is 26.4 Å². The van der Waals surface area contributed by atoms with Crippen LogP contribution >= 0.6 is 0 Å². The van der Waals surface area contributed by atoms with Crippen LogP contribution in [0.4, 0.5) is 0 Å². The lowest BCUT2D eigenvalue weighted by Gasteiger charge is -2.14. The van der Waals surface area contributed by atoms with Gasteiger partial charge in [-0.05, 0) is 6.92 Å². The predicted octanol–water partition coefficient (Wildman–Crippen LogP) is -0.922. The normalized spacial score (nSPS) is 12.5. The number of nitrogens with one attached hydrogen (secondary N) is 1. The van der Waals surface area contributed by atoms with Gasteiger partial charge >= 0.3 is 0 Å². The zero-order valence-electron chi connectivity index (χ0n) is 10.9. The third-order valence-electron chi connectivity index (χ3n) is 2.04. The van der Waals surface area contributed by atoms with E-state index in [1.165, 1.54) is 4.90 Å². The molecule has 0 aliphatic heterocycles. The van der Waals surface area contributed by atoms with Crippen LogP contribution in [0, 0.1) is 0 Å². The van der Waals surface area contributed by atoms with Gasteiger partial charge in [0.2, 0.25) is 5.91 Å². The van der Waals surface area contributed by atoms with Crippen molar-refractivity contribution in [1.29, 1.82) is 0 Å². The number of carbonyl (C=O) groups excluding carboxylic acids is 1. The second kappa shape index (κ2) is 10.5. The molecule has 0 aliphatic rings. The second-order valence-corrected chi connectivity index (χ2v) is 3.84. The van der Waals surface area contributed by atoms with Crippen LogP contribution in [-0.4, -0.2) is 75.6 Å². The van der Waals surface area contributed by atoms with E-state index in [1.54, 1.807) is 14.1 Å². The standard InChI is InChI=1S/C11H24N2O4/c1-4-16-5-6-17-9-10(14)7-12-8-11(15)13(2)3/h10,12,14H,4-9H2,1-3H3. The Morgan fingerprint density at radius 2 is 2.00 bits per heavy atom. The quantitative estimate of drug-likeness (QED) is 0.489. The first-order valence-electron chi connectivity index (χ1n) is 5.82. The molecule has 0 aromatic heterocycles. The lowest BCUT2D eigenvalue weighted by atomic mass is 10.3. The first-order chi connectivity index (χ1) is 8.07. The van der Waals surface area contributed by atoms with E-state index in [9.17, 15) is 9.90 Å². The highest BCUT2D eigenvalue weighted by Crippen LogP contribution is 1.85. The van der Waals surface area contributed by atoms with Gasteiger partial charge in [-0.15, -0.1) is 0 Å². The van der Waals surface area contributed by atoms with Crippen molar-refractivity contribution in [1.82, 2.24) is 10.2 Å². The summed E-state index contributed by atoms with van der Waals surface area (Å²) < 4.78 is 10.3. The maximum atomic E-state index is 11.2. The molecule has 1 atom stereocenters. The van der Waals surface area contributed by atoms with Crippen LogP contribution in [0.25, 0.3) is 0 Å². The third kappa shape index (κ3) is 10.2. The predicted molar refractivity (Wildman–Crippen MR) is 64.9 cm³/mol. The van der Waals surface area contributed by atoms with Crippen LogP contribution in [0.1, 0.15) is 6.92 Å². The number of aliphatic hydroxyl groups excluding tert-OH is 1. The molecular formula is C11H24N2O4. The Kier molecular flexibility index (Phi) is 10.0. The summed E-state index contributed by atoms with van der Waals surface area (Å²) in [4.78, 5) is 12.7. The van der Waals surface area contributed by atoms with Gasteiger partial charge in [-0.2, -0.15) is 0 Å². The van der Waals surface area contributed by atoms with E-state index in [-0.39, 0.29) is 19.1 Å². The smallest absolute Gasteiger partial charge is 0.236 e. The SMILES string of the molecule is CCOCCOCC(O)CNCC(=O)N(C)C. The Balaban J connectivity index is 3.34. The molecule has 0 bridgehead atoms. The Morgan fingerprint density at radius 1 is 1.35 bits per heavy atom. The Morgan fingerprint density at radius 3 is 2.59 bits per heavy atom. The number of ether oxygens (including phenoxy) is 2. The van der Waals surface area contributed by atoms with Crippen molar-refractivity contribution in [3.05, 3.63) is 0 Å². The minimum Gasteiger partial charge on any atom is -0.389 e. The largest absolute Gasteiger partial charge is 0.389 e. The molecule has 0 saturated carbocycles. The molecule has 0 spiro atoms. The second-order valence-electron chi connectivity index (χ2n) is 3.84. The number of nitrogens with zero attached hydrogens (tertiary/aromatic N) is 1. The van der Waals surface area contributed by atoms with Gasteiger partial charge in [-0.3, -0.25) is 4.79 Å². The van der Waals surface area contributed by atoms with Gasteiger partial charge in [0.1, 0.15) is 0 Å². The molecule has 0 rings (SSSR count). The molecule has 0 aromatic rings. The number of hydrogen-bond donors (Lipinski definition) is 2. The summed E-state index contributed by atoms with van der Waals surface area (Å²) in [6.45, 7) is 4.41. The molecule has 0 heterocycles. The average Bonchev–Trinajstić information content (AvgIpc) is 2.28. The molecule has 0 saturated heterocycles. The van der Waals surface area contributed by atoms with E-state index in [0.717, 1.165) is 0 Å². The molecule has 6 nitrogen and oxygen atoms in total. The number of amides is 1. The maximum absolute atomic E-state index is 11.2. The summed E-state index contributed by atoms with van der Waals surface area (Å²) in [6, 6.07) is 0. The summed E-state index contributed by atoms with van der Waals surface area (Å²) in [5.74, 6) is -0.0190. The molecule has 17 heavy (non-hydrogen) atoms. The number of carbonyl (C=O) groups is 1. The van der Waals surface area contributed by atoms with Crippen molar-refractivity contribution in [2.45, 2.75) is 13.0 Å². The van der Waals surface area contributed by atoms with E-state index in [4.69, 9.17) is 9.47 Å². The minimum atomic E-state index is -0.605. The maximum Gasteiger partial charge on any atom is 0.236 e. The van der Waals surface area contributed by atoms with Gasteiger partial charge in [0.15, 0.2) is 0 Å². The van der Waals surface area contributed by atoms with Crippen molar-refractivity contribution >= 4 is 5.91 Å². The van der Waals surface area contributed by atoms with Crippen LogP contribution in [0.3, 0.4) is 0 Å². The highest BCUT2D eigenvalue weighted by atomic mass is 16.5. The lowest BCUT2D eigenvalue weighted by Crippen LogP contribution is -2.38. The summed E-state index contributed by atoms with van der Waals surface area (Å²) in [6.07, 6.45) is -0.605. The Hall–Kier alpha value is -0.690. The fourth-order valence-corrected chi connectivity index (χ4v) is 1.04. The van der Waals surface area contributed by atoms with Crippen LogP contribution < -0.4 is 5.32 Å². The molecule has 0 aromatic carbocycles. The van der Waals surface area contributed by atoms with Crippen LogP contribution in [0.15, 0.2) is 0 Å². The number of likely N-dealkylation sites (N-methyl/N-ethyl adjacent to an activating group) is 1. The Labute approximate surface area is 103 Å². The number of rotatable bonds is 10. The Bertz CT molecular complexity index is 200. The van der Waals surface area contributed by atoms with Crippen LogP contribution in [0.5, 0.6) is 0 Å². The van der Waals surface area contributed by atoms with Crippen molar-refractivity contribution in [2.75, 3.05) is 53.6 Å². The number of hydrogen-bond acceptors (Lipinski definition) is 5. The molecule has 6 heteroatoms. The van der Waals surface area contributed by atoms with E-state index >= 15 is 0 Å². The van der Waals surface area contributed by atoms with Crippen molar-refractivity contribution in [2.24, 2.45) is 0 Å². The van der Waals surface area contributed by atoms with Gasteiger partial charge in [-0.1, -0.05) is 0 Å². The molecule has 0 fully saturated rings. The minimum absolute atomic E-state index is 0.0190. The fraction of sp³-hybridized carbons (Fsp3) is 0.909. The zero-order valence-corrected chi connectivity index (χ0v) is 10.9. The highest BCUT2D eigenvalue weighted by molar-refractivity contribution is 5.77. The molecule has 102 valence electrons. The highest BCUT2D eigenvalue weighted by Gasteiger charge is 2.06. The molecule has 2 N–H and O–H groups in total. The van der Waals surface area contributed by atoms with E-state index < -0.39 is 6.10 Å².